The summed E-state index contributed by atoms with van der Waals surface area (Å²) in [7, 11) is 0. The highest BCUT2D eigenvalue weighted by Crippen LogP contribution is 2.50. The molecule has 4 heterocycles. The lowest BCUT2D eigenvalue weighted by Gasteiger charge is -2.46. The molecular weight excluding hydrogens is 534 g/mol. The van der Waals surface area contributed by atoms with Gasteiger partial charge in [0.05, 0.1) is 22.4 Å². The standard InChI is InChI=1S/C41H38N3/c1-5-40(3)36-20-19-31(28-35(36)39-18-9-12-23-44(39)41(40,4)6-2)29-14-13-15-30(24-29)32-25-33(37-16-7-10-21-42-37)27-34(26-32)38-17-8-11-22-43-38/h7-28H,5-6H2,1-4H3/q+1. The molecule has 0 N–H and O–H groups in total. The predicted octanol–water partition coefficient (Wildman–Crippen LogP) is 9.91. The van der Waals surface area contributed by atoms with Gasteiger partial charge in [-0.25, -0.2) is 0 Å². The molecule has 6 aromatic rings. The van der Waals surface area contributed by atoms with Gasteiger partial charge in [0.2, 0.25) is 5.69 Å². The molecular formula is C41H38N3+. The molecule has 0 aliphatic carbocycles. The van der Waals surface area contributed by atoms with E-state index >= 15 is 0 Å². The van der Waals surface area contributed by atoms with Crippen LogP contribution in [0.3, 0.4) is 0 Å². The van der Waals surface area contributed by atoms with Crippen molar-refractivity contribution in [3.63, 3.8) is 0 Å². The largest absolute Gasteiger partial charge is 0.256 e. The molecule has 0 saturated heterocycles. The van der Waals surface area contributed by atoms with Crippen LogP contribution in [0, 0.1) is 0 Å². The van der Waals surface area contributed by atoms with E-state index in [1.807, 2.05) is 36.7 Å². The van der Waals surface area contributed by atoms with E-state index < -0.39 is 0 Å². The van der Waals surface area contributed by atoms with Crippen LogP contribution in [0.25, 0.3) is 56.0 Å². The van der Waals surface area contributed by atoms with Crippen LogP contribution in [0.4, 0.5) is 0 Å². The Bertz CT molecular complexity index is 1910. The first-order valence-corrected chi connectivity index (χ1v) is 15.7. The van der Waals surface area contributed by atoms with E-state index in [2.05, 4.69) is 139 Å². The number of benzene rings is 3. The van der Waals surface area contributed by atoms with Crippen molar-refractivity contribution in [2.24, 2.45) is 0 Å². The summed E-state index contributed by atoms with van der Waals surface area (Å²) in [6.45, 7) is 9.54. The van der Waals surface area contributed by atoms with E-state index in [1.54, 1.807) is 0 Å². The number of fused-ring (bicyclic) bond motifs is 3. The summed E-state index contributed by atoms with van der Waals surface area (Å²) in [5, 5.41) is 0. The number of aromatic nitrogens is 3. The molecule has 7 rings (SSSR count). The average molecular weight is 573 g/mol. The predicted molar refractivity (Wildman–Crippen MR) is 181 cm³/mol. The Labute approximate surface area is 260 Å². The molecule has 216 valence electrons. The lowest BCUT2D eigenvalue weighted by Crippen LogP contribution is -2.67. The Morgan fingerprint density at radius 2 is 1.14 bits per heavy atom. The monoisotopic (exact) mass is 572 g/mol. The van der Waals surface area contributed by atoms with Gasteiger partial charge in [0.1, 0.15) is 0 Å². The van der Waals surface area contributed by atoms with Crippen molar-refractivity contribution in [1.29, 1.82) is 0 Å². The Morgan fingerprint density at radius 1 is 0.545 bits per heavy atom. The van der Waals surface area contributed by atoms with Crippen LogP contribution in [0.1, 0.15) is 46.1 Å². The second-order valence-corrected chi connectivity index (χ2v) is 12.3. The summed E-state index contributed by atoms with van der Waals surface area (Å²) in [6.07, 6.45) is 8.12. The van der Waals surface area contributed by atoms with E-state index in [4.69, 9.17) is 0 Å². The van der Waals surface area contributed by atoms with Gasteiger partial charge in [-0.15, -0.1) is 0 Å². The molecule has 1 aliphatic heterocycles. The third-order valence-electron chi connectivity index (χ3n) is 10.2. The summed E-state index contributed by atoms with van der Waals surface area (Å²) in [5.74, 6) is 0. The molecule has 0 amide bonds. The van der Waals surface area contributed by atoms with E-state index in [0.29, 0.717) is 0 Å². The van der Waals surface area contributed by atoms with Crippen molar-refractivity contribution >= 4 is 0 Å². The van der Waals surface area contributed by atoms with E-state index in [1.165, 1.54) is 33.5 Å². The Morgan fingerprint density at radius 3 is 1.75 bits per heavy atom. The molecule has 2 atom stereocenters. The third-order valence-corrected chi connectivity index (χ3v) is 10.2. The van der Waals surface area contributed by atoms with Gasteiger partial charge in [-0.3, -0.25) is 9.97 Å². The van der Waals surface area contributed by atoms with Crippen molar-refractivity contribution < 1.29 is 4.57 Å². The second-order valence-electron chi connectivity index (χ2n) is 12.3. The van der Waals surface area contributed by atoms with Crippen molar-refractivity contribution in [1.82, 2.24) is 9.97 Å². The minimum absolute atomic E-state index is 0.00325. The van der Waals surface area contributed by atoms with Gasteiger partial charge in [0, 0.05) is 49.0 Å². The first-order valence-electron chi connectivity index (χ1n) is 15.7. The minimum Gasteiger partial charge on any atom is -0.256 e. The summed E-state index contributed by atoms with van der Waals surface area (Å²) in [4.78, 5) is 9.31. The van der Waals surface area contributed by atoms with Gasteiger partial charge in [-0.2, -0.15) is 4.57 Å². The Hall–Kier alpha value is -4.89. The molecule has 3 aromatic carbocycles. The van der Waals surface area contributed by atoms with Gasteiger partial charge >= 0.3 is 0 Å². The van der Waals surface area contributed by atoms with Crippen molar-refractivity contribution in [2.45, 2.75) is 51.5 Å². The number of hydrogen-bond acceptors (Lipinski definition) is 2. The molecule has 0 fully saturated rings. The van der Waals surface area contributed by atoms with Crippen molar-refractivity contribution in [3.05, 3.63) is 139 Å². The van der Waals surface area contributed by atoms with Crippen LogP contribution in [0.5, 0.6) is 0 Å². The first kappa shape index (κ1) is 27.9. The quantitative estimate of drug-likeness (QED) is 0.186. The van der Waals surface area contributed by atoms with Gasteiger partial charge in [-0.05, 0) is 102 Å². The molecule has 0 bridgehead atoms. The minimum atomic E-state index is -0.00325. The van der Waals surface area contributed by atoms with Crippen LogP contribution in [-0.2, 0) is 11.0 Å². The number of rotatable bonds is 6. The summed E-state index contributed by atoms with van der Waals surface area (Å²) in [5.41, 5.74) is 12.9. The molecule has 2 unspecified atom stereocenters. The second kappa shape index (κ2) is 11.0. The van der Waals surface area contributed by atoms with Gasteiger partial charge in [0.15, 0.2) is 11.7 Å². The van der Waals surface area contributed by atoms with Crippen molar-refractivity contribution in [2.75, 3.05) is 0 Å². The fourth-order valence-electron chi connectivity index (χ4n) is 7.23. The van der Waals surface area contributed by atoms with E-state index in [9.17, 15) is 0 Å². The number of pyridine rings is 3. The number of hydrogen-bond donors (Lipinski definition) is 0. The van der Waals surface area contributed by atoms with Crippen LogP contribution < -0.4 is 4.57 Å². The average Bonchev–Trinajstić information content (AvgIpc) is 3.11. The molecule has 0 spiro atoms. The number of nitrogens with zero attached hydrogens (tertiary/aromatic N) is 3. The Kier molecular flexibility index (Phi) is 6.97. The summed E-state index contributed by atoms with van der Waals surface area (Å²) in [6, 6.07) is 41.5. The zero-order chi connectivity index (χ0) is 30.3. The zero-order valence-corrected chi connectivity index (χ0v) is 26.0. The summed E-state index contributed by atoms with van der Waals surface area (Å²) < 4.78 is 2.53. The fourth-order valence-corrected chi connectivity index (χ4v) is 7.23. The molecule has 0 radical (unpaired) electrons. The van der Waals surface area contributed by atoms with Crippen molar-refractivity contribution in [3.8, 4) is 56.0 Å². The molecule has 44 heavy (non-hydrogen) atoms. The topological polar surface area (TPSA) is 29.7 Å². The maximum absolute atomic E-state index is 4.66. The first-order chi connectivity index (χ1) is 21.4. The molecule has 3 aromatic heterocycles. The molecule has 0 saturated carbocycles. The van der Waals surface area contributed by atoms with E-state index in [0.717, 1.165) is 40.9 Å². The molecule has 3 heteroatoms. The highest BCUT2D eigenvalue weighted by Gasteiger charge is 2.56. The van der Waals surface area contributed by atoms with Crippen LogP contribution in [-0.4, -0.2) is 9.97 Å². The SMILES string of the molecule is CCC1(C)c2ccc(-c3cccc(-c4cc(-c5ccccn5)cc(-c5ccccn5)c4)c3)cc2-c2cccc[n+]2C1(C)CC. The highest BCUT2D eigenvalue weighted by atomic mass is 15.1. The van der Waals surface area contributed by atoms with Crippen LogP contribution in [0.15, 0.2) is 134 Å². The maximum Gasteiger partial charge on any atom is 0.213 e. The zero-order valence-electron chi connectivity index (χ0n) is 26.0. The summed E-state index contributed by atoms with van der Waals surface area (Å²) >= 11 is 0. The normalized spacial score (nSPS) is 18.8. The van der Waals surface area contributed by atoms with Gasteiger partial charge in [-0.1, -0.05) is 56.3 Å². The van der Waals surface area contributed by atoms with Gasteiger partial charge in [0.25, 0.3) is 0 Å². The highest BCUT2D eigenvalue weighted by molar-refractivity contribution is 5.82. The van der Waals surface area contributed by atoms with E-state index in [-0.39, 0.29) is 11.0 Å². The fraction of sp³-hybridized carbons (Fsp3) is 0.195. The lowest BCUT2D eigenvalue weighted by atomic mass is 9.60. The third kappa shape index (κ3) is 4.46. The van der Waals surface area contributed by atoms with Crippen LogP contribution in [0.2, 0.25) is 0 Å². The lowest BCUT2D eigenvalue weighted by molar-refractivity contribution is -0.765. The van der Waals surface area contributed by atoms with Crippen LogP contribution >= 0.6 is 0 Å². The maximum atomic E-state index is 4.66. The molecule has 1 aliphatic rings. The molecule has 3 nitrogen and oxygen atoms in total. The Balaban J connectivity index is 1.36. The van der Waals surface area contributed by atoms with Gasteiger partial charge < -0.3 is 0 Å². The smallest absolute Gasteiger partial charge is 0.213 e.